The molecule has 7 heteroatoms. The predicted molar refractivity (Wildman–Crippen MR) is 101 cm³/mol. The van der Waals surface area contributed by atoms with E-state index in [9.17, 15) is 9.59 Å². The molecule has 0 aliphatic carbocycles. The molecule has 24 heavy (non-hydrogen) atoms. The van der Waals surface area contributed by atoms with E-state index in [0.717, 1.165) is 10.6 Å². The van der Waals surface area contributed by atoms with Gasteiger partial charge in [0, 0.05) is 33.2 Å². The molecule has 1 unspecified atom stereocenters. The topological polar surface area (TPSA) is 58.2 Å². The molecule has 2 aromatic carbocycles. The van der Waals surface area contributed by atoms with Gasteiger partial charge in [-0.15, -0.1) is 11.8 Å². The fourth-order valence-electron chi connectivity index (χ4n) is 1.95. The summed E-state index contributed by atoms with van der Waals surface area (Å²) in [6.07, 6.45) is 0. The minimum atomic E-state index is -0.311. The average Bonchev–Trinajstić information content (AvgIpc) is 2.47. The molecule has 2 aromatic rings. The number of carbonyl (C=O) groups excluding carboxylic acids is 2. The first-order valence-electron chi connectivity index (χ1n) is 7.15. The van der Waals surface area contributed by atoms with Crippen LogP contribution in [0.25, 0.3) is 0 Å². The summed E-state index contributed by atoms with van der Waals surface area (Å²) < 4.78 is 0. The number of carbonyl (C=O) groups is 2. The van der Waals surface area contributed by atoms with E-state index < -0.39 is 0 Å². The first kappa shape index (κ1) is 18.6. The Hall–Kier alpha value is -1.69. The molecule has 2 N–H and O–H groups in total. The molecular weight excluding hydrogens is 367 g/mol. The van der Waals surface area contributed by atoms with Gasteiger partial charge in [0.25, 0.3) is 0 Å². The Kier molecular flexibility index (Phi) is 6.54. The Morgan fingerprint density at radius 1 is 0.958 bits per heavy atom. The van der Waals surface area contributed by atoms with Crippen LogP contribution in [0, 0.1) is 0 Å². The lowest BCUT2D eigenvalue weighted by atomic mass is 10.3. The second kappa shape index (κ2) is 8.42. The summed E-state index contributed by atoms with van der Waals surface area (Å²) in [7, 11) is 0. The average molecular weight is 383 g/mol. The predicted octanol–water partition coefficient (Wildman–Crippen LogP) is 5.07. The van der Waals surface area contributed by atoms with Gasteiger partial charge in [0.05, 0.1) is 5.25 Å². The van der Waals surface area contributed by atoms with E-state index in [0.29, 0.717) is 15.7 Å². The highest BCUT2D eigenvalue weighted by Gasteiger charge is 2.15. The molecule has 0 aliphatic rings. The molecule has 0 saturated carbocycles. The van der Waals surface area contributed by atoms with Gasteiger partial charge in [-0.1, -0.05) is 23.2 Å². The van der Waals surface area contributed by atoms with Crippen LogP contribution in [0.5, 0.6) is 0 Å². The number of amides is 2. The van der Waals surface area contributed by atoms with E-state index in [-0.39, 0.29) is 17.1 Å². The summed E-state index contributed by atoms with van der Waals surface area (Å²) >= 11 is 13.3. The number of halogens is 2. The molecule has 0 fully saturated rings. The zero-order valence-corrected chi connectivity index (χ0v) is 15.4. The third-order valence-electron chi connectivity index (χ3n) is 2.99. The molecule has 0 saturated heterocycles. The molecule has 2 amide bonds. The van der Waals surface area contributed by atoms with Crippen molar-refractivity contribution in [3.8, 4) is 0 Å². The fraction of sp³-hybridized carbons (Fsp3) is 0.176. The minimum Gasteiger partial charge on any atom is -0.326 e. The highest BCUT2D eigenvalue weighted by molar-refractivity contribution is 8.00. The second-order valence-electron chi connectivity index (χ2n) is 5.11. The lowest BCUT2D eigenvalue weighted by Crippen LogP contribution is -2.22. The van der Waals surface area contributed by atoms with E-state index >= 15 is 0 Å². The van der Waals surface area contributed by atoms with Crippen LogP contribution in [0.3, 0.4) is 0 Å². The summed E-state index contributed by atoms with van der Waals surface area (Å²) in [4.78, 5) is 24.2. The van der Waals surface area contributed by atoms with Crippen molar-refractivity contribution >= 4 is 58.2 Å². The number of rotatable bonds is 5. The van der Waals surface area contributed by atoms with Gasteiger partial charge < -0.3 is 10.6 Å². The molecule has 2 rings (SSSR count). The molecule has 0 heterocycles. The van der Waals surface area contributed by atoms with Gasteiger partial charge in [-0.2, -0.15) is 0 Å². The quantitative estimate of drug-likeness (QED) is 0.709. The Labute approximate surface area is 154 Å². The van der Waals surface area contributed by atoms with Crippen LogP contribution in [0.2, 0.25) is 10.0 Å². The third kappa shape index (κ3) is 5.74. The monoisotopic (exact) mass is 382 g/mol. The first-order chi connectivity index (χ1) is 11.3. The van der Waals surface area contributed by atoms with E-state index in [2.05, 4.69) is 10.6 Å². The van der Waals surface area contributed by atoms with Crippen LogP contribution < -0.4 is 10.6 Å². The maximum absolute atomic E-state index is 12.3. The van der Waals surface area contributed by atoms with Crippen molar-refractivity contribution in [1.29, 1.82) is 0 Å². The molecule has 0 bridgehead atoms. The van der Waals surface area contributed by atoms with Gasteiger partial charge in [-0.05, 0) is 49.4 Å². The standard InChI is InChI=1S/C17H16Cl2N2O2S/c1-10(17(23)21-15-8-12(18)7-13(19)9-15)24-16-5-3-14(4-6-16)20-11(2)22/h3-10H,1-2H3,(H,20,22)(H,21,23). The zero-order chi connectivity index (χ0) is 17.7. The summed E-state index contributed by atoms with van der Waals surface area (Å²) in [6.45, 7) is 3.27. The van der Waals surface area contributed by atoms with Crippen molar-refractivity contribution in [1.82, 2.24) is 0 Å². The Balaban J connectivity index is 1.97. The van der Waals surface area contributed by atoms with Gasteiger partial charge in [0.1, 0.15) is 0 Å². The summed E-state index contributed by atoms with van der Waals surface area (Å²) in [5.41, 5.74) is 1.28. The van der Waals surface area contributed by atoms with E-state index in [1.54, 1.807) is 30.3 Å². The van der Waals surface area contributed by atoms with Crippen LogP contribution in [0.4, 0.5) is 11.4 Å². The molecule has 0 radical (unpaired) electrons. The molecule has 0 spiro atoms. The smallest absolute Gasteiger partial charge is 0.237 e. The van der Waals surface area contributed by atoms with Gasteiger partial charge >= 0.3 is 0 Å². The number of anilines is 2. The van der Waals surface area contributed by atoms with E-state index in [1.165, 1.54) is 18.7 Å². The lowest BCUT2D eigenvalue weighted by Gasteiger charge is -2.13. The van der Waals surface area contributed by atoms with Gasteiger partial charge in [-0.25, -0.2) is 0 Å². The highest BCUT2D eigenvalue weighted by atomic mass is 35.5. The fourth-order valence-corrected chi connectivity index (χ4v) is 3.34. The normalized spacial score (nSPS) is 11.7. The largest absolute Gasteiger partial charge is 0.326 e. The Morgan fingerprint density at radius 3 is 2.08 bits per heavy atom. The second-order valence-corrected chi connectivity index (χ2v) is 7.40. The molecule has 0 aromatic heterocycles. The number of hydrogen-bond acceptors (Lipinski definition) is 3. The molecular formula is C17H16Cl2N2O2S. The van der Waals surface area contributed by atoms with Crippen molar-refractivity contribution in [3.63, 3.8) is 0 Å². The van der Waals surface area contributed by atoms with E-state index in [1.807, 2.05) is 19.1 Å². The van der Waals surface area contributed by atoms with Gasteiger partial charge in [-0.3, -0.25) is 9.59 Å². The maximum atomic E-state index is 12.3. The summed E-state index contributed by atoms with van der Waals surface area (Å²) in [6, 6.07) is 12.2. The minimum absolute atomic E-state index is 0.122. The van der Waals surface area contributed by atoms with Crippen LogP contribution >= 0.6 is 35.0 Å². The SMILES string of the molecule is CC(=O)Nc1ccc(SC(C)C(=O)Nc2cc(Cl)cc(Cl)c2)cc1. The Morgan fingerprint density at radius 2 is 1.54 bits per heavy atom. The van der Waals surface area contributed by atoms with Crippen molar-refractivity contribution in [3.05, 3.63) is 52.5 Å². The van der Waals surface area contributed by atoms with Crippen molar-refractivity contribution in [2.24, 2.45) is 0 Å². The molecule has 1 atom stereocenters. The molecule has 0 aliphatic heterocycles. The summed E-state index contributed by atoms with van der Waals surface area (Å²) in [5, 5.41) is 6.11. The van der Waals surface area contributed by atoms with Gasteiger partial charge in [0.2, 0.25) is 11.8 Å². The van der Waals surface area contributed by atoms with Gasteiger partial charge in [0.15, 0.2) is 0 Å². The number of thioether (sulfide) groups is 1. The van der Waals surface area contributed by atoms with Crippen LogP contribution in [0.15, 0.2) is 47.4 Å². The summed E-state index contributed by atoms with van der Waals surface area (Å²) in [5.74, 6) is -0.271. The Bertz CT molecular complexity index is 731. The zero-order valence-electron chi connectivity index (χ0n) is 13.1. The number of benzene rings is 2. The maximum Gasteiger partial charge on any atom is 0.237 e. The molecule has 126 valence electrons. The number of hydrogen-bond donors (Lipinski definition) is 2. The first-order valence-corrected chi connectivity index (χ1v) is 8.78. The van der Waals surface area contributed by atoms with E-state index in [4.69, 9.17) is 23.2 Å². The number of nitrogens with one attached hydrogen (secondary N) is 2. The van der Waals surface area contributed by atoms with Crippen LogP contribution in [0.1, 0.15) is 13.8 Å². The highest BCUT2D eigenvalue weighted by Crippen LogP contribution is 2.27. The van der Waals surface area contributed by atoms with Crippen molar-refractivity contribution in [2.45, 2.75) is 24.0 Å². The van der Waals surface area contributed by atoms with Crippen LogP contribution in [-0.2, 0) is 9.59 Å². The van der Waals surface area contributed by atoms with Crippen molar-refractivity contribution in [2.75, 3.05) is 10.6 Å². The van der Waals surface area contributed by atoms with Crippen molar-refractivity contribution < 1.29 is 9.59 Å². The molecule has 4 nitrogen and oxygen atoms in total. The lowest BCUT2D eigenvalue weighted by molar-refractivity contribution is -0.115. The van der Waals surface area contributed by atoms with Crippen LogP contribution in [-0.4, -0.2) is 17.1 Å². The third-order valence-corrected chi connectivity index (χ3v) is 4.54.